The molecule has 0 spiro atoms. The molecule has 5 heteroatoms. The Bertz CT molecular complexity index is 125. The lowest BCUT2D eigenvalue weighted by atomic mass is 10.5. The fourth-order valence-corrected chi connectivity index (χ4v) is 5.86. The smallest absolute Gasteiger partial charge is 0.192 e. The summed E-state index contributed by atoms with van der Waals surface area (Å²) in [5.41, 5.74) is 16.7. The van der Waals surface area contributed by atoms with E-state index in [9.17, 15) is 0 Å². The first-order chi connectivity index (χ1) is 7.24. The molecule has 0 atom stereocenters. The van der Waals surface area contributed by atoms with E-state index in [1.165, 1.54) is 0 Å². The average molecular weight is 233 g/mol. The molecule has 92 valence electrons. The topological polar surface area (TPSA) is 87.3 Å². The second-order valence-electron chi connectivity index (χ2n) is 4.06. The van der Waals surface area contributed by atoms with Gasteiger partial charge in [-0.05, 0) is 57.0 Å². The van der Waals surface area contributed by atoms with Crippen molar-refractivity contribution >= 4 is 8.32 Å². The highest BCUT2D eigenvalue weighted by Gasteiger charge is 2.31. The third kappa shape index (κ3) is 6.27. The van der Waals surface area contributed by atoms with Crippen LogP contribution in [-0.2, 0) is 4.43 Å². The summed E-state index contributed by atoms with van der Waals surface area (Å²) < 4.78 is 5.82. The fourth-order valence-electron chi connectivity index (χ4n) is 1.95. The summed E-state index contributed by atoms with van der Waals surface area (Å²) in [6, 6.07) is 3.46. The molecule has 0 bridgehead atoms. The quantitative estimate of drug-likeness (QED) is 0.483. The van der Waals surface area contributed by atoms with E-state index in [4.69, 9.17) is 21.6 Å². The van der Waals surface area contributed by atoms with Crippen LogP contribution in [0.3, 0.4) is 0 Å². The molecule has 4 nitrogen and oxygen atoms in total. The first kappa shape index (κ1) is 15.1. The molecule has 0 unspecified atom stereocenters. The van der Waals surface area contributed by atoms with Crippen LogP contribution in [0.5, 0.6) is 0 Å². The van der Waals surface area contributed by atoms with Crippen molar-refractivity contribution in [3.05, 3.63) is 0 Å². The molecule has 0 amide bonds. The number of rotatable bonds is 10. The van der Waals surface area contributed by atoms with Crippen molar-refractivity contribution in [3.8, 4) is 0 Å². The Hall–Kier alpha value is 0.0569. The van der Waals surface area contributed by atoms with Gasteiger partial charge in [0.2, 0.25) is 0 Å². The van der Waals surface area contributed by atoms with Crippen LogP contribution in [0.4, 0.5) is 0 Å². The van der Waals surface area contributed by atoms with Crippen molar-refractivity contribution in [1.82, 2.24) is 0 Å². The van der Waals surface area contributed by atoms with Crippen molar-refractivity contribution in [2.24, 2.45) is 17.2 Å². The van der Waals surface area contributed by atoms with Crippen LogP contribution in [0, 0.1) is 0 Å². The molecule has 0 saturated carbocycles. The lowest BCUT2D eigenvalue weighted by Crippen LogP contribution is -2.38. The Morgan fingerprint density at radius 2 is 1.13 bits per heavy atom. The maximum absolute atomic E-state index is 5.82. The minimum atomic E-state index is -1.57. The molecule has 0 aromatic heterocycles. The summed E-state index contributed by atoms with van der Waals surface area (Å²) in [5.74, 6) is 0. The summed E-state index contributed by atoms with van der Waals surface area (Å²) in [7, 11) is 0.271. The standard InChI is InChI=1S/C10H27N3OSi/c1-14-15(8-2-5-11,9-3-6-12)10-4-7-13/h2-13H2,1H3. The van der Waals surface area contributed by atoms with Crippen LogP contribution in [0.25, 0.3) is 0 Å². The Kier molecular flexibility index (Phi) is 9.33. The van der Waals surface area contributed by atoms with Crippen LogP contribution < -0.4 is 17.2 Å². The zero-order valence-electron chi connectivity index (χ0n) is 10.0. The largest absolute Gasteiger partial charge is 0.420 e. The number of nitrogens with two attached hydrogens (primary N) is 3. The van der Waals surface area contributed by atoms with Crippen molar-refractivity contribution in [3.63, 3.8) is 0 Å². The van der Waals surface area contributed by atoms with Gasteiger partial charge in [-0.15, -0.1) is 0 Å². The molecule has 0 saturated heterocycles. The highest BCUT2D eigenvalue weighted by atomic mass is 28.4. The first-order valence-corrected chi connectivity index (χ1v) is 8.43. The molecule has 0 fully saturated rings. The van der Waals surface area contributed by atoms with Gasteiger partial charge in [0, 0.05) is 7.11 Å². The van der Waals surface area contributed by atoms with E-state index in [2.05, 4.69) is 0 Å². The highest BCUT2D eigenvalue weighted by molar-refractivity contribution is 6.73. The Morgan fingerprint density at radius 1 is 0.800 bits per heavy atom. The van der Waals surface area contributed by atoms with E-state index in [0.717, 1.165) is 57.0 Å². The molecule has 0 heterocycles. The summed E-state index contributed by atoms with van der Waals surface area (Å²) in [6.07, 6.45) is 3.19. The normalized spacial score (nSPS) is 12.0. The van der Waals surface area contributed by atoms with Gasteiger partial charge in [0.05, 0.1) is 0 Å². The van der Waals surface area contributed by atoms with Crippen molar-refractivity contribution in [2.75, 3.05) is 26.7 Å². The molecular formula is C10H27N3OSi. The molecule has 0 rings (SSSR count). The SMILES string of the molecule is CO[Si](CCCN)(CCCN)CCCN. The molecule has 0 aliphatic carbocycles. The van der Waals surface area contributed by atoms with Crippen molar-refractivity contribution in [2.45, 2.75) is 37.4 Å². The summed E-state index contributed by atoms with van der Waals surface area (Å²) in [4.78, 5) is 0. The molecular weight excluding hydrogens is 206 g/mol. The van der Waals surface area contributed by atoms with Gasteiger partial charge in [-0.3, -0.25) is 0 Å². The van der Waals surface area contributed by atoms with Crippen LogP contribution in [0.15, 0.2) is 0 Å². The average Bonchev–Trinajstić information content (AvgIpc) is 2.29. The summed E-state index contributed by atoms with van der Waals surface area (Å²) in [5, 5.41) is 0. The number of hydrogen-bond donors (Lipinski definition) is 3. The van der Waals surface area contributed by atoms with Crippen LogP contribution >= 0.6 is 0 Å². The van der Waals surface area contributed by atoms with Gasteiger partial charge in [0.1, 0.15) is 0 Å². The van der Waals surface area contributed by atoms with E-state index in [-0.39, 0.29) is 0 Å². The third-order valence-electron chi connectivity index (χ3n) is 2.94. The maximum atomic E-state index is 5.82. The van der Waals surface area contributed by atoms with E-state index in [1.54, 1.807) is 0 Å². The fraction of sp³-hybridized carbons (Fsp3) is 1.00. The van der Waals surface area contributed by atoms with Gasteiger partial charge < -0.3 is 21.6 Å². The first-order valence-electron chi connectivity index (χ1n) is 5.90. The molecule has 6 N–H and O–H groups in total. The third-order valence-corrected chi connectivity index (χ3v) is 7.60. The maximum Gasteiger partial charge on any atom is 0.192 e. The Morgan fingerprint density at radius 3 is 1.33 bits per heavy atom. The molecule has 15 heavy (non-hydrogen) atoms. The highest BCUT2D eigenvalue weighted by Crippen LogP contribution is 2.26. The van der Waals surface area contributed by atoms with Crippen LogP contribution in [-0.4, -0.2) is 35.1 Å². The van der Waals surface area contributed by atoms with Crippen molar-refractivity contribution in [1.29, 1.82) is 0 Å². The van der Waals surface area contributed by atoms with Gasteiger partial charge in [-0.25, -0.2) is 0 Å². The second kappa shape index (κ2) is 9.29. The van der Waals surface area contributed by atoms with Gasteiger partial charge >= 0.3 is 0 Å². The van der Waals surface area contributed by atoms with E-state index in [1.807, 2.05) is 7.11 Å². The van der Waals surface area contributed by atoms with Gasteiger partial charge in [0.25, 0.3) is 0 Å². The lowest BCUT2D eigenvalue weighted by Gasteiger charge is -2.29. The minimum Gasteiger partial charge on any atom is -0.420 e. The van der Waals surface area contributed by atoms with Crippen LogP contribution in [0.1, 0.15) is 19.3 Å². The van der Waals surface area contributed by atoms with Gasteiger partial charge in [0.15, 0.2) is 8.32 Å². The Labute approximate surface area is 94.7 Å². The second-order valence-corrected chi connectivity index (χ2v) is 8.34. The van der Waals surface area contributed by atoms with E-state index < -0.39 is 8.32 Å². The minimum absolute atomic E-state index is 0.753. The molecule has 0 radical (unpaired) electrons. The molecule has 0 aliphatic heterocycles. The Balaban J connectivity index is 4.16. The zero-order valence-corrected chi connectivity index (χ0v) is 11.0. The summed E-state index contributed by atoms with van der Waals surface area (Å²) in [6.45, 7) is 2.26. The molecule has 0 aromatic rings. The van der Waals surface area contributed by atoms with E-state index in [0.29, 0.717) is 0 Å². The van der Waals surface area contributed by atoms with Gasteiger partial charge in [-0.1, -0.05) is 0 Å². The predicted octanol–water partition coefficient (Wildman–Crippen LogP) is 0.625. The van der Waals surface area contributed by atoms with Gasteiger partial charge in [-0.2, -0.15) is 0 Å². The monoisotopic (exact) mass is 233 g/mol. The van der Waals surface area contributed by atoms with Crippen molar-refractivity contribution < 1.29 is 4.43 Å². The zero-order chi connectivity index (χ0) is 11.6. The predicted molar refractivity (Wildman–Crippen MR) is 68.2 cm³/mol. The summed E-state index contributed by atoms with van der Waals surface area (Å²) >= 11 is 0. The van der Waals surface area contributed by atoms with E-state index >= 15 is 0 Å². The lowest BCUT2D eigenvalue weighted by molar-refractivity contribution is 0.384. The molecule has 0 aliphatic rings. The number of hydrogen-bond acceptors (Lipinski definition) is 4. The van der Waals surface area contributed by atoms with Crippen LogP contribution in [0.2, 0.25) is 18.1 Å². The molecule has 0 aromatic carbocycles.